The minimum Gasteiger partial charge on any atom is -0.493 e. The van der Waals surface area contributed by atoms with Crippen molar-refractivity contribution in [2.75, 3.05) is 25.6 Å². The number of ether oxygens (including phenoxy) is 2. The van der Waals surface area contributed by atoms with Crippen LogP contribution in [0.25, 0.3) is 0 Å². The molecular formula is C24H33NO6. The summed E-state index contributed by atoms with van der Waals surface area (Å²) >= 11 is 0. The van der Waals surface area contributed by atoms with E-state index in [9.17, 15) is 9.59 Å². The third-order valence-electron chi connectivity index (χ3n) is 4.17. The standard InChI is InChI=1S/C23H29NO5.CH4O/c1-23(2,3)22(27)24-18-8-12-20(13-9-18)29-16-4-15-28-19-10-5-17(6-11-19)7-14-21(25)26;1-2/h5-6,8-13H,4,7,14-16H2,1-3H3,(H,24,27)(H,25,26);2H,1H3. The molecule has 0 saturated heterocycles. The fourth-order valence-electron chi connectivity index (χ4n) is 2.40. The topological polar surface area (TPSA) is 105 Å². The van der Waals surface area contributed by atoms with Crippen LogP contribution in [0.5, 0.6) is 11.5 Å². The number of rotatable bonds is 10. The maximum absolute atomic E-state index is 12.0. The van der Waals surface area contributed by atoms with E-state index in [1.807, 2.05) is 69.3 Å². The molecule has 0 radical (unpaired) electrons. The van der Waals surface area contributed by atoms with Gasteiger partial charge < -0.3 is 25.0 Å². The van der Waals surface area contributed by atoms with E-state index in [1.165, 1.54) is 0 Å². The summed E-state index contributed by atoms with van der Waals surface area (Å²) in [5.41, 5.74) is 1.28. The molecule has 0 aliphatic rings. The molecule has 2 aromatic rings. The van der Waals surface area contributed by atoms with Gasteiger partial charge in [0.15, 0.2) is 0 Å². The highest BCUT2D eigenvalue weighted by Gasteiger charge is 2.20. The van der Waals surface area contributed by atoms with Crippen LogP contribution in [-0.2, 0) is 16.0 Å². The predicted molar refractivity (Wildman–Crippen MR) is 121 cm³/mol. The third kappa shape index (κ3) is 10.5. The van der Waals surface area contributed by atoms with Crippen molar-refractivity contribution in [3.63, 3.8) is 0 Å². The van der Waals surface area contributed by atoms with E-state index in [0.29, 0.717) is 19.6 Å². The molecule has 170 valence electrons. The van der Waals surface area contributed by atoms with Gasteiger partial charge in [0.05, 0.1) is 13.2 Å². The first-order chi connectivity index (χ1) is 14.7. The van der Waals surface area contributed by atoms with Gasteiger partial charge in [-0.2, -0.15) is 0 Å². The van der Waals surface area contributed by atoms with Crippen molar-refractivity contribution < 1.29 is 29.3 Å². The number of aryl methyl sites for hydroxylation is 1. The lowest BCUT2D eigenvalue weighted by Gasteiger charge is -2.17. The normalized spacial score (nSPS) is 10.5. The number of hydrogen-bond donors (Lipinski definition) is 3. The molecule has 2 rings (SSSR count). The van der Waals surface area contributed by atoms with Gasteiger partial charge >= 0.3 is 5.97 Å². The van der Waals surface area contributed by atoms with Crippen LogP contribution in [0.15, 0.2) is 48.5 Å². The predicted octanol–water partition coefficient (Wildman–Crippen LogP) is 4.14. The van der Waals surface area contributed by atoms with Crippen LogP contribution >= 0.6 is 0 Å². The lowest BCUT2D eigenvalue weighted by Crippen LogP contribution is -2.27. The highest BCUT2D eigenvalue weighted by Crippen LogP contribution is 2.20. The molecule has 2 aromatic carbocycles. The molecule has 7 heteroatoms. The van der Waals surface area contributed by atoms with Crippen LogP contribution in [0.2, 0.25) is 0 Å². The molecule has 0 aliphatic carbocycles. The van der Waals surface area contributed by atoms with E-state index in [1.54, 1.807) is 0 Å². The number of anilines is 1. The van der Waals surface area contributed by atoms with Gasteiger partial charge in [0.1, 0.15) is 11.5 Å². The number of carboxylic acids is 1. The lowest BCUT2D eigenvalue weighted by atomic mass is 9.95. The molecule has 31 heavy (non-hydrogen) atoms. The summed E-state index contributed by atoms with van der Waals surface area (Å²) in [6.45, 7) is 6.65. The van der Waals surface area contributed by atoms with E-state index >= 15 is 0 Å². The number of nitrogens with one attached hydrogen (secondary N) is 1. The zero-order valence-electron chi connectivity index (χ0n) is 18.7. The molecule has 3 N–H and O–H groups in total. The maximum Gasteiger partial charge on any atom is 0.303 e. The number of amides is 1. The van der Waals surface area contributed by atoms with Gasteiger partial charge in [0, 0.05) is 31.1 Å². The number of hydrogen-bond acceptors (Lipinski definition) is 5. The summed E-state index contributed by atoms with van der Waals surface area (Å²) < 4.78 is 11.4. The minimum atomic E-state index is -0.797. The van der Waals surface area contributed by atoms with Gasteiger partial charge in [-0.3, -0.25) is 9.59 Å². The quantitative estimate of drug-likeness (QED) is 0.488. The molecule has 0 saturated carbocycles. The van der Waals surface area contributed by atoms with Crippen LogP contribution in [0.4, 0.5) is 5.69 Å². The van der Waals surface area contributed by atoms with E-state index in [0.717, 1.165) is 36.3 Å². The zero-order chi connectivity index (χ0) is 23.3. The number of aliphatic hydroxyl groups excluding tert-OH is 1. The molecule has 0 heterocycles. The number of benzene rings is 2. The molecule has 0 aromatic heterocycles. The fourth-order valence-corrected chi connectivity index (χ4v) is 2.40. The van der Waals surface area contributed by atoms with E-state index in [2.05, 4.69) is 5.32 Å². The Morgan fingerprint density at radius 3 is 1.81 bits per heavy atom. The van der Waals surface area contributed by atoms with Crippen molar-refractivity contribution in [3.05, 3.63) is 54.1 Å². The zero-order valence-corrected chi connectivity index (χ0v) is 18.7. The number of aliphatic carboxylic acids is 1. The van der Waals surface area contributed by atoms with Crippen molar-refractivity contribution in [1.82, 2.24) is 0 Å². The van der Waals surface area contributed by atoms with Crippen molar-refractivity contribution in [3.8, 4) is 11.5 Å². The van der Waals surface area contributed by atoms with E-state index < -0.39 is 11.4 Å². The summed E-state index contributed by atoms with van der Waals surface area (Å²) in [6.07, 6.45) is 1.37. The van der Waals surface area contributed by atoms with Gasteiger partial charge in [-0.1, -0.05) is 32.9 Å². The summed E-state index contributed by atoms with van der Waals surface area (Å²) in [5.74, 6) is 0.664. The smallest absolute Gasteiger partial charge is 0.303 e. The molecule has 0 fully saturated rings. The molecule has 7 nitrogen and oxygen atoms in total. The molecular weight excluding hydrogens is 398 g/mol. The van der Waals surface area contributed by atoms with Crippen LogP contribution in [0, 0.1) is 5.41 Å². The average molecular weight is 432 g/mol. The molecule has 1 amide bonds. The van der Waals surface area contributed by atoms with Crippen LogP contribution in [0.1, 0.15) is 39.2 Å². The van der Waals surface area contributed by atoms with Gasteiger partial charge in [0.25, 0.3) is 0 Å². The van der Waals surface area contributed by atoms with Crippen molar-refractivity contribution in [1.29, 1.82) is 0 Å². The molecule has 0 bridgehead atoms. The Morgan fingerprint density at radius 1 is 0.871 bits per heavy atom. The Morgan fingerprint density at radius 2 is 1.35 bits per heavy atom. The Balaban J connectivity index is 0.00000233. The number of carbonyl (C=O) groups is 2. The SMILES string of the molecule is CC(C)(C)C(=O)Nc1ccc(OCCCOc2ccc(CCC(=O)O)cc2)cc1.CO. The summed E-state index contributed by atoms with van der Waals surface area (Å²) in [7, 11) is 1.00. The van der Waals surface area contributed by atoms with Gasteiger partial charge in [0.2, 0.25) is 5.91 Å². The van der Waals surface area contributed by atoms with E-state index in [-0.39, 0.29) is 12.3 Å². The Bertz CT molecular complexity index is 794. The first kappa shape index (κ1) is 26.0. The number of carboxylic acid groups (broad SMARTS) is 1. The second-order valence-corrected chi connectivity index (χ2v) is 7.82. The maximum atomic E-state index is 12.0. The molecule has 0 unspecified atom stereocenters. The van der Waals surface area contributed by atoms with Gasteiger partial charge in [-0.25, -0.2) is 0 Å². The Labute approximate surface area is 184 Å². The number of carbonyl (C=O) groups excluding carboxylic acids is 1. The molecule has 0 atom stereocenters. The second-order valence-electron chi connectivity index (χ2n) is 7.82. The molecule has 0 aliphatic heterocycles. The van der Waals surface area contributed by atoms with Gasteiger partial charge in [-0.15, -0.1) is 0 Å². The fraction of sp³-hybridized carbons (Fsp3) is 0.417. The lowest BCUT2D eigenvalue weighted by molar-refractivity contribution is -0.137. The van der Waals surface area contributed by atoms with Crippen LogP contribution in [-0.4, -0.2) is 42.4 Å². The second kappa shape index (κ2) is 13.3. The third-order valence-corrected chi connectivity index (χ3v) is 4.17. The summed E-state index contributed by atoms with van der Waals surface area (Å²) in [5, 5.41) is 18.6. The minimum absolute atomic E-state index is 0.0294. The average Bonchev–Trinajstić information content (AvgIpc) is 2.74. The number of aliphatic hydroxyl groups is 1. The largest absolute Gasteiger partial charge is 0.493 e. The van der Waals surface area contributed by atoms with Crippen molar-refractivity contribution in [2.45, 2.75) is 40.0 Å². The van der Waals surface area contributed by atoms with Gasteiger partial charge in [-0.05, 0) is 48.4 Å². The first-order valence-electron chi connectivity index (χ1n) is 10.2. The summed E-state index contributed by atoms with van der Waals surface area (Å²) in [4.78, 5) is 22.6. The van der Waals surface area contributed by atoms with Crippen LogP contribution in [0.3, 0.4) is 0 Å². The van der Waals surface area contributed by atoms with Crippen molar-refractivity contribution >= 4 is 17.6 Å². The Kier molecular flexibility index (Phi) is 11.1. The highest BCUT2D eigenvalue weighted by molar-refractivity contribution is 5.94. The van der Waals surface area contributed by atoms with E-state index in [4.69, 9.17) is 19.7 Å². The summed E-state index contributed by atoms with van der Waals surface area (Å²) in [6, 6.07) is 14.8. The molecule has 0 spiro atoms. The van der Waals surface area contributed by atoms with Crippen molar-refractivity contribution in [2.24, 2.45) is 5.41 Å². The highest BCUT2D eigenvalue weighted by atomic mass is 16.5. The first-order valence-corrected chi connectivity index (χ1v) is 10.2. The monoisotopic (exact) mass is 431 g/mol. The van der Waals surface area contributed by atoms with Crippen LogP contribution < -0.4 is 14.8 Å². The Hall–Kier alpha value is -3.06.